The van der Waals surface area contributed by atoms with Gasteiger partial charge in [0.05, 0.1) is 13.2 Å². The topological polar surface area (TPSA) is 50.0 Å². The van der Waals surface area contributed by atoms with Crippen LogP contribution in [-0.2, 0) is 9.78 Å². The Balaban J connectivity index is 0.000000490. The van der Waals surface area contributed by atoms with E-state index in [1.54, 1.807) is 0 Å². The van der Waals surface area contributed by atoms with Crippen molar-refractivity contribution in [2.45, 2.75) is 19.3 Å². The first-order chi connectivity index (χ1) is 3.50. The Morgan fingerprint density at radius 3 is 1.75 bits per heavy atom. The third-order valence-corrected chi connectivity index (χ3v) is 1.04. The maximum absolute atomic E-state index is 4.69. The molecular formula is C5H12O3. The van der Waals surface area contributed by atoms with Gasteiger partial charge in [-0.1, -0.05) is 0 Å². The lowest BCUT2D eigenvalue weighted by Gasteiger charge is -1.92. The van der Waals surface area contributed by atoms with Crippen molar-refractivity contribution in [3.05, 3.63) is 0 Å². The minimum atomic E-state index is 0. The smallest absolute Gasteiger partial charge is 0.0822 e. The van der Waals surface area contributed by atoms with E-state index in [4.69, 9.17) is 9.78 Å². The van der Waals surface area contributed by atoms with E-state index < -0.39 is 0 Å². The van der Waals surface area contributed by atoms with Crippen molar-refractivity contribution < 1.29 is 15.3 Å². The first-order valence-corrected chi connectivity index (χ1v) is 2.74. The summed E-state index contributed by atoms with van der Waals surface area (Å²) < 4.78 is 0. The van der Waals surface area contributed by atoms with Crippen LogP contribution in [-0.4, -0.2) is 18.7 Å². The van der Waals surface area contributed by atoms with Crippen LogP contribution in [0, 0.1) is 0 Å². The molecule has 0 saturated carbocycles. The van der Waals surface area contributed by atoms with Crippen LogP contribution in [0.2, 0.25) is 0 Å². The second-order valence-electron chi connectivity index (χ2n) is 1.70. The SMILES string of the molecule is C1CCOOCC1.O. The summed E-state index contributed by atoms with van der Waals surface area (Å²) in [6.07, 6.45) is 3.56. The second kappa shape index (κ2) is 5.03. The monoisotopic (exact) mass is 120 g/mol. The fourth-order valence-corrected chi connectivity index (χ4v) is 0.617. The van der Waals surface area contributed by atoms with Crippen LogP contribution in [0.15, 0.2) is 0 Å². The lowest BCUT2D eigenvalue weighted by molar-refractivity contribution is -0.287. The van der Waals surface area contributed by atoms with E-state index in [-0.39, 0.29) is 5.48 Å². The van der Waals surface area contributed by atoms with Crippen LogP contribution in [0.5, 0.6) is 0 Å². The Morgan fingerprint density at radius 1 is 0.750 bits per heavy atom. The molecule has 0 aliphatic carbocycles. The van der Waals surface area contributed by atoms with Gasteiger partial charge < -0.3 is 5.48 Å². The molecule has 0 aromatic carbocycles. The van der Waals surface area contributed by atoms with Crippen molar-refractivity contribution in [2.24, 2.45) is 0 Å². The lowest BCUT2D eigenvalue weighted by Crippen LogP contribution is -1.90. The van der Waals surface area contributed by atoms with Crippen molar-refractivity contribution in [1.29, 1.82) is 0 Å². The van der Waals surface area contributed by atoms with Crippen molar-refractivity contribution in [2.75, 3.05) is 13.2 Å². The summed E-state index contributed by atoms with van der Waals surface area (Å²) >= 11 is 0. The molecule has 1 heterocycles. The third-order valence-electron chi connectivity index (χ3n) is 1.04. The highest BCUT2D eigenvalue weighted by molar-refractivity contribution is 4.40. The molecule has 0 amide bonds. The molecular weight excluding hydrogens is 108 g/mol. The van der Waals surface area contributed by atoms with Crippen LogP contribution in [0.25, 0.3) is 0 Å². The molecule has 2 N–H and O–H groups in total. The van der Waals surface area contributed by atoms with Crippen LogP contribution < -0.4 is 0 Å². The molecule has 0 atom stereocenters. The van der Waals surface area contributed by atoms with Gasteiger partial charge in [0.25, 0.3) is 0 Å². The maximum atomic E-state index is 4.69. The summed E-state index contributed by atoms with van der Waals surface area (Å²) in [6.45, 7) is 1.56. The molecule has 1 fully saturated rings. The van der Waals surface area contributed by atoms with E-state index in [1.165, 1.54) is 6.42 Å². The molecule has 3 nitrogen and oxygen atoms in total. The summed E-state index contributed by atoms with van der Waals surface area (Å²) in [7, 11) is 0. The van der Waals surface area contributed by atoms with E-state index in [9.17, 15) is 0 Å². The van der Waals surface area contributed by atoms with E-state index in [2.05, 4.69) is 0 Å². The molecule has 0 spiro atoms. The fraction of sp³-hybridized carbons (Fsp3) is 1.00. The quantitative estimate of drug-likeness (QED) is 0.431. The predicted octanol–water partition coefficient (Wildman–Crippen LogP) is 0.294. The van der Waals surface area contributed by atoms with Gasteiger partial charge in [-0.15, -0.1) is 0 Å². The van der Waals surface area contributed by atoms with E-state index in [1.807, 2.05) is 0 Å². The first kappa shape index (κ1) is 7.88. The van der Waals surface area contributed by atoms with Crippen LogP contribution in [0.4, 0.5) is 0 Å². The van der Waals surface area contributed by atoms with Crippen molar-refractivity contribution in [1.82, 2.24) is 0 Å². The fourth-order valence-electron chi connectivity index (χ4n) is 0.617. The standard InChI is InChI=1S/C5H10O2.H2O/c1-2-4-6-7-5-3-1;/h1-5H2;1H2. The van der Waals surface area contributed by atoms with Crippen LogP contribution >= 0.6 is 0 Å². The first-order valence-electron chi connectivity index (χ1n) is 2.74. The van der Waals surface area contributed by atoms with Crippen molar-refractivity contribution in [3.8, 4) is 0 Å². The van der Waals surface area contributed by atoms with E-state index in [0.717, 1.165) is 26.1 Å². The van der Waals surface area contributed by atoms with Crippen molar-refractivity contribution >= 4 is 0 Å². The molecule has 1 aliphatic rings. The van der Waals surface area contributed by atoms with Gasteiger partial charge in [-0.25, -0.2) is 9.78 Å². The van der Waals surface area contributed by atoms with E-state index >= 15 is 0 Å². The molecule has 0 aromatic rings. The van der Waals surface area contributed by atoms with Gasteiger partial charge in [0.1, 0.15) is 0 Å². The van der Waals surface area contributed by atoms with E-state index in [0.29, 0.717) is 0 Å². The summed E-state index contributed by atoms with van der Waals surface area (Å²) in [5.41, 5.74) is 0. The van der Waals surface area contributed by atoms with Crippen molar-refractivity contribution in [3.63, 3.8) is 0 Å². The summed E-state index contributed by atoms with van der Waals surface area (Å²) in [6, 6.07) is 0. The maximum Gasteiger partial charge on any atom is 0.0822 e. The minimum Gasteiger partial charge on any atom is -0.412 e. The Kier molecular flexibility index (Phi) is 4.95. The van der Waals surface area contributed by atoms with Gasteiger partial charge in [0.15, 0.2) is 0 Å². The highest BCUT2D eigenvalue weighted by Gasteiger charge is 1.95. The normalized spacial score (nSPS) is 21.0. The third kappa shape index (κ3) is 2.96. The zero-order chi connectivity index (χ0) is 4.95. The largest absolute Gasteiger partial charge is 0.412 e. The summed E-state index contributed by atoms with van der Waals surface area (Å²) in [5, 5.41) is 0. The average Bonchev–Trinajstić information content (AvgIpc) is 1.90. The highest BCUT2D eigenvalue weighted by Crippen LogP contribution is 2.01. The molecule has 0 radical (unpaired) electrons. The lowest BCUT2D eigenvalue weighted by atomic mass is 10.3. The summed E-state index contributed by atoms with van der Waals surface area (Å²) in [4.78, 5) is 9.39. The van der Waals surface area contributed by atoms with Gasteiger partial charge in [-0.2, -0.15) is 0 Å². The number of rotatable bonds is 0. The molecule has 0 bridgehead atoms. The number of hydrogen-bond donors (Lipinski definition) is 0. The zero-order valence-corrected chi connectivity index (χ0v) is 4.85. The van der Waals surface area contributed by atoms with Gasteiger partial charge in [-0.05, 0) is 19.3 Å². The molecule has 1 rings (SSSR count). The zero-order valence-electron chi connectivity index (χ0n) is 4.85. The number of hydrogen-bond acceptors (Lipinski definition) is 2. The minimum absolute atomic E-state index is 0. The Hall–Kier alpha value is -0.120. The van der Waals surface area contributed by atoms with Gasteiger partial charge in [0, 0.05) is 0 Å². The Bertz CT molecular complexity index is 27.3. The predicted molar refractivity (Wildman–Crippen MR) is 29.4 cm³/mol. The Morgan fingerprint density at radius 2 is 1.25 bits per heavy atom. The van der Waals surface area contributed by atoms with Crippen LogP contribution in [0.1, 0.15) is 19.3 Å². The molecule has 1 aliphatic heterocycles. The van der Waals surface area contributed by atoms with Gasteiger partial charge in [0.2, 0.25) is 0 Å². The van der Waals surface area contributed by atoms with Crippen LogP contribution in [0.3, 0.4) is 0 Å². The Labute approximate surface area is 48.8 Å². The molecule has 8 heavy (non-hydrogen) atoms. The molecule has 1 saturated heterocycles. The van der Waals surface area contributed by atoms with Gasteiger partial charge >= 0.3 is 0 Å². The highest BCUT2D eigenvalue weighted by atomic mass is 17.2. The van der Waals surface area contributed by atoms with Gasteiger partial charge in [-0.3, -0.25) is 0 Å². The molecule has 3 heteroatoms. The molecule has 50 valence electrons. The molecule has 0 unspecified atom stereocenters. The molecule has 0 aromatic heterocycles. The second-order valence-corrected chi connectivity index (χ2v) is 1.70. The average molecular weight is 120 g/mol. The summed E-state index contributed by atoms with van der Waals surface area (Å²) in [5.74, 6) is 0.